The van der Waals surface area contributed by atoms with Crippen LogP contribution in [0.25, 0.3) is 0 Å². The Bertz CT molecular complexity index is 1590. The maximum absolute atomic E-state index is 13.1. The fourth-order valence-electron chi connectivity index (χ4n) is 10.9. The van der Waals surface area contributed by atoms with E-state index in [1.165, 1.54) is 4.31 Å². The van der Waals surface area contributed by atoms with Gasteiger partial charge in [0.25, 0.3) is 0 Å². The zero-order valence-corrected chi connectivity index (χ0v) is 34.7. The number of hydrogen-bond acceptors (Lipinski definition) is 12. The number of aliphatic hydroxyl groups is 1. The molecule has 4 bridgehead atoms. The van der Waals surface area contributed by atoms with E-state index in [0.29, 0.717) is 24.9 Å². The number of sulfonamides is 2. The molecule has 4 aliphatic carbocycles. The summed E-state index contributed by atoms with van der Waals surface area (Å²) in [6.45, 7) is 10.9. The summed E-state index contributed by atoms with van der Waals surface area (Å²) in [5, 5.41) is 10.0. The van der Waals surface area contributed by atoms with E-state index in [0.717, 1.165) is 80.8 Å². The molecule has 5 unspecified atom stereocenters. The van der Waals surface area contributed by atoms with Crippen molar-refractivity contribution in [2.24, 2.45) is 33.5 Å². The average molecular weight is 810 g/mol. The molecule has 286 valence electrons. The lowest BCUT2D eigenvalue weighted by molar-refractivity contribution is -0.132. The van der Waals surface area contributed by atoms with Crippen LogP contribution < -0.4 is 0 Å². The molecule has 2 aliphatic heterocycles. The SMILES string of the molecule is [3H][B]SOCC[C@@H](O)CC(=O)N1C2CC3CC[C@]2(CS1(=O)=O)C3(C)C.[3H][B]SOCC[C@H](CC(=O)N1C2CC3CC[C@]2(CS1(=O)=O)C3(C)C)OB(C)P. The van der Waals surface area contributed by atoms with Gasteiger partial charge in [-0.05, 0) is 76.7 Å². The van der Waals surface area contributed by atoms with Crippen molar-refractivity contribution in [1.29, 1.82) is 2.67 Å². The summed E-state index contributed by atoms with van der Waals surface area (Å²) in [6.07, 6.45) is 4.48. The third-order valence-corrected chi connectivity index (χ3v) is 18.4. The zero-order chi connectivity index (χ0) is 39.2. The molecule has 12 nitrogen and oxygen atoms in total. The summed E-state index contributed by atoms with van der Waals surface area (Å²) in [4.78, 5) is 25.8. The normalized spacial score (nSPS) is 35.6. The molecule has 2 amide bonds. The number of carbonyl (C=O) groups is 2. The third-order valence-electron chi connectivity index (χ3n) is 13.7. The van der Waals surface area contributed by atoms with Gasteiger partial charge in [0.05, 0.1) is 61.9 Å². The molecule has 0 aromatic carbocycles. The Kier molecular flexibility index (Phi) is 11.9. The summed E-state index contributed by atoms with van der Waals surface area (Å²) >= 11 is 1.78. The van der Waals surface area contributed by atoms with Crippen LogP contribution >= 0.6 is 32.9 Å². The minimum Gasteiger partial charge on any atom is -0.429 e. The van der Waals surface area contributed by atoms with Crippen LogP contribution in [0.15, 0.2) is 0 Å². The number of hydrogen-bond donors (Lipinski definition) is 1. The number of nitrogens with zero attached hydrogens (tertiary/aromatic N) is 2. The topological polar surface area (TPSA) is 157 Å². The molecule has 6 aliphatic rings. The quantitative estimate of drug-likeness (QED) is 0.106. The van der Waals surface area contributed by atoms with Crippen LogP contribution in [0.2, 0.25) is 6.82 Å². The van der Waals surface area contributed by atoms with Crippen LogP contribution in [0.1, 0.15) is 91.9 Å². The second-order valence-electron chi connectivity index (χ2n) is 16.6. The first kappa shape index (κ1) is 39.2. The van der Waals surface area contributed by atoms with Crippen molar-refractivity contribution in [1.82, 2.24) is 8.61 Å². The molecule has 51 heavy (non-hydrogen) atoms. The Morgan fingerprint density at radius 2 is 1.33 bits per heavy atom. The van der Waals surface area contributed by atoms with Crippen LogP contribution in [0, 0.1) is 33.5 Å². The molecule has 2 spiro atoms. The standard InChI is InChI=1S/C16H29B2NO5PS2.C15H25BNO5S2/c1-15(2)11-4-6-16(15)10-27(21,22)19(13(16)8-11)14(20)9-12(24-18(3)25)5-7-23-26-17;1-14(2)10-3-5-15(14)9-24(20,21)17(12(15)7-10)13(19)8-11(18)4-6-22-23-16/h11-13,17H,4-10,25H2,1-3H3;10-12,16,18H,3-9H2,1-2H3/t11?,12-,13?,16-;10?,11-,12?,15-/m11/s1/i17T;16T. The lowest BCUT2D eigenvalue weighted by atomic mass is 9.69. The highest BCUT2D eigenvalue weighted by molar-refractivity contribution is 8.16. The molecule has 4 saturated carbocycles. The molecule has 6 rings (SSSR count). The van der Waals surface area contributed by atoms with Gasteiger partial charge in [-0.2, -0.15) is 0 Å². The van der Waals surface area contributed by atoms with Gasteiger partial charge in [-0.15, -0.1) is 9.12 Å². The minimum atomic E-state index is -3.63. The van der Waals surface area contributed by atoms with Gasteiger partial charge in [0.1, 0.15) is 0 Å². The van der Waals surface area contributed by atoms with Gasteiger partial charge in [-0.3, -0.25) is 9.59 Å². The van der Waals surface area contributed by atoms with E-state index in [9.17, 15) is 31.5 Å². The fourth-order valence-corrected chi connectivity index (χ4v) is 16.6. The van der Waals surface area contributed by atoms with Crippen molar-refractivity contribution < 1.29 is 44.6 Å². The van der Waals surface area contributed by atoms with Crippen LogP contribution in [-0.2, 0) is 42.7 Å². The van der Waals surface area contributed by atoms with Gasteiger partial charge in [-0.1, -0.05) is 58.3 Å². The summed E-state index contributed by atoms with van der Waals surface area (Å²) in [6, 6.07) is -0.465. The van der Waals surface area contributed by atoms with E-state index in [-0.39, 0.29) is 83.7 Å². The highest BCUT2D eigenvalue weighted by Crippen LogP contribution is 2.71. The minimum absolute atomic E-state index is 0.0221. The molecule has 1 N–H and O–H groups in total. The van der Waals surface area contributed by atoms with Crippen molar-refractivity contribution in [3.63, 3.8) is 0 Å². The van der Waals surface area contributed by atoms with Crippen LogP contribution in [0.4, 0.5) is 0 Å². The molecule has 2 saturated heterocycles. The van der Waals surface area contributed by atoms with Gasteiger partial charge < -0.3 is 18.1 Å². The molecule has 2 radical (unpaired) electrons. The van der Waals surface area contributed by atoms with E-state index < -0.39 is 38.2 Å². The van der Waals surface area contributed by atoms with Gasteiger partial charge in [0.2, 0.25) is 46.0 Å². The number of amides is 2. The maximum atomic E-state index is 13.1. The number of rotatable bonds is 16. The summed E-state index contributed by atoms with van der Waals surface area (Å²) in [7, 11) is -2.58. The fraction of sp³-hybridized carbons (Fsp3) is 0.935. The molecule has 0 aromatic heterocycles. The Morgan fingerprint density at radius 3 is 1.76 bits per heavy atom. The van der Waals surface area contributed by atoms with Crippen molar-refractivity contribution in [3.05, 3.63) is 0 Å². The summed E-state index contributed by atoms with van der Waals surface area (Å²) in [5.74, 6) is 0.214. The van der Waals surface area contributed by atoms with Gasteiger partial charge in [0.15, 0.2) is 0 Å². The maximum Gasteiger partial charge on any atom is 0.312 e. The first-order valence-corrected chi connectivity index (χ1v) is 23.4. The van der Waals surface area contributed by atoms with E-state index in [1.807, 2.05) is 6.82 Å². The first-order chi connectivity index (χ1) is 24.7. The number of fused-ring (bicyclic) bond motifs is 2. The number of aliphatic hydroxyl groups excluding tert-OH is 1. The molecule has 20 heteroatoms. The Balaban J connectivity index is 0.000000206. The zero-order valence-electron chi connectivity index (χ0n) is 32.3. The molecule has 6 fully saturated rings. The van der Waals surface area contributed by atoms with Crippen LogP contribution in [0.3, 0.4) is 0 Å². The van der Waals surface area contributed by atoms with Gasteiger partial charge >= 0.3 is 6.64 Å². The van der Waals surface area contributed by atoms with Crippen molar-refractivity contribution in [2.45, 2.75) is 123 Å². The lowest BCUT2D eigenvalue weighted by Gasteiger charge is -2.37. The number of carbonyl (C=O) groups excluding carboxylic acids is 2. The average Bonchev–Trinajstić information content (AvgIpc) is 3.74. The highest BCUT2D eigenvalue weighted by atomic mass is 32.2. The van der Waals surface area contributed by atoms with Crippen molar-refractivity contribution >= 4 is 85.6 Å². The highest BCUT2D eigenvalue weighted by Gasteiger charge is 2.73. The predicted octanol–water partition coefficient (Wildman–Crippen LogP) is 2.97. The van der Waals surface area contributed by atoms with Crippen LogP contribution in [0.5, 0.6) is 0 Å². The Morgan fingerprint density at radius 1 is 0.882 bits per heavy atom. The summed E-state index contributed by atoms with van der Waals surface area (Å²) in [5.41, 5.74) is -0.765. The molecular formula is C31H54B3N2O10PS4. The summed E-state index contributed by atoms with van der Waals surface area (Å²) < 4.78 is 83.6. The Hall–Kier alpha value is 0.00481. The molecule has 9 atom stereocenters. The van der Waals surface area contributed by atoms with Gasteiger partial charge in [0, 0.05) is 10.8 Å². The predicted molar refractivity (Wildman–Crippen MR) is 208 cm³/mol. The monoisotopic (exact) mass is 810 g/mol. The van der Waals surface area contributed by atoms with E-state index in [4.69, 9.17) is 15.7 Å². The van der Waals surface area contributed by atoms with E-state index in [2.05, 4.69) is 36.8 Å². The largest absolute Gasteiger partial charge is 0.429 e. The molecule has 0 aromatic rings. The molecule has 2 heterocycles. The van der Waals surface area contributed by atoms with Crippen molar-refractivity contribution in [2.75, 3.05) is 24.7 Å². The van der Waals surface area contributed by atoms with E-state index in [1.54, 1.807) is 0 Å². The first-order valence-electron chi connectivity index (χ1n) is 19.0. The van der Waals surface area contributed by atoms with Crippen LogP contribution in [-0.4, -0.2) is 115 Å². The third kappa shape index (κ3) is 7.49. The second kappa shape index (κ2) is 15.5. The lowest BCUT2D eigenvalue weighted by Crippen LogP contribution is -2.45. The van der Waals surface area contributed by atoms with Crippen molar-refractivity contribution in [3.8, 4) is 0 Å². The molecular weight excluding hydrogens is 752 g/mol. The van der Waals surface area contributed by atoms with E-state index >= 15 is 0 Å². The smallest absolute Gasteiger partial charge is 0.312 e. The Labute approximate surface area is 321 Å². The van der Waals surface area contributed by atoms with Gasteiger partial charge in [-0.25, -0.2) is 25.4 Å². The second-order valence-corrected chi connectivity index (χ2v) is 22.0.